The first-order chi connectivity index (χ1) is 29.5. The van der Waals surface area contributed by atoms with Crippen LogP contribution in [0.5, 0.6) is 0 Å². The summed E-state index contributed by atoms with van der Waals surface area (Å²) in [6.07, 6.45) is 57.0. The Labute approximate surface area is 372 Å². The molecule has 0 bridgehead atoms. The average Bonchev–Trinajstić information content (AvgIpc) is 3.24. The number of esters is 3. The van der Waals surface area contributed by atoms with E-state index in [9.17, 15) is 14.4 Å². The fourth-order valence-electron chi connectivity index (χ4n) is 7.48. The second-order valence-corrected chi connectivity index (χ2v) is 17.4. The van der Waals surface area contributed by atoms with Crippen LogP contribution in [0.3, 0.4) is 0 Å². The normalized spacial score (nSPS) is 12.2. The molecule has 0 amide bonds. The summed E-state index contributed by atoms with van der Waals surface area (Å²) < 4.78 is 16.8. The van der Waals surface area contributed by atoms with Gasteiger partial charge in [0.2, 0.25) is 0 Å². The third kappa shape index (κ3) is 46.7. The molecule has 0 saturated heterocycles. The first-order valence-corrected chi connectivity index (χ1v) is 26.0. The molecule has 0 aromatic heterocycles. The van der Waals surface area contributed by atoms with E-state index in [-0.39, 0.29) is 31.1 Å². The SMILES string of the molecule is CC/C=C\C/C=C\CCCCCCCC(=O)OCC(COC(=O)CCCCCCCCCCCCCCCCCCC)OC(=O)CCCCC/C=C\CCCCCCCC. The summed E-state index contributed by atoms with van der Waals surface area (Å²) in [7, 11) is 0. The molecule has 0 radical (unpaired) electrons. The molecule has 350 valence electrons. The maximum absolute atomic E-state index is 12.8. The molecule has 60 heavy (non-hydrogen) atoms. The van der Waals surface area contributed by atoms with Crippen LogP contribution in [0.25, 0.3) is 0 Å². The minimum atomic E-state index is -0.781. The van der Waals surface area contributed by atoms with E-state index in [2.05, 4.69) is 57.2 Å². The van der Waals surface area contributed by atoms with Crippen LogP contribution in [-0.2, 0) is 28.6 Å². The van der Waals surface area contributed by atoms with E-state index in [0.717, 1.165) is 96.3 Å². The average molecular weight is 843 g/mol. The second-order valence-electron chi connectivity index (χ2n) is 17.4. The third-order valence-electron chi connectivity index (χ3n) is 11.4. The highest BCUT2D eigenvalue weighted by Crippen LogP contribution is 2.16. The van der Waals surface area contributed by atoms with Gasteiger partial charge in [-0.05, 0) is 70.6 Å². The van der Waals surface area contributed by atoms with Crippen molar-refractivity contribution >= 4 is 17.9 Å². The molecular weight excluding hydrogens is 745 g/mol. The van der Waals surface area contributed by atoms with Gasteiger partial charge in [-0.2, -0.15) is 0 Å². The predicted octanol–water partition coefficient (Wildman–Crippen LogP) is 16.9. The van der Waals surface area contributed by atoms with Gasteiger partial charge in [-0.15, -0.1) is 0 Å². The van der Waals surface area contributed by atoms with Crippen molar-refractivity contribution in [3.63, 3.8) is 0 Å². The summed E-state index contributed by atoms with van der Waals surface area (Å²) >= 11 is 0. The molecule has 1 atom stereocenters. The fraction of sp³-hybridized carbons (Fsp3) is 0.833. The highest BCUT2D eigenvalue weighted by atomic mass is 16.6. The Kier molecular flexibility index (Phi) is 47.3. The van der Waals surface area contributed by atoms with Crippen LogP contribution in [0, 0.1) is 0 Å². The number of unbranched alkanes of at least 4 members (excludes halogenated alkanes) is 30. The van der Waals surface area contributed by atoms with E-state index < -0.39 is 6.10 Å². The molecule has 6 nitrogen and oxygen atoms in total. The van der Waals surface area contributed by atoms with E-state index in [4.69, 9.17) is 14.2 Å². The third-order valence-corrected chi connectivity index (χ3v) is 11.4. The Morgan fingerprint density at radius 3 is 1.03 bits per heavy atom. The number of hydrogen-bond donors (Lipinski definition) is 0. The van der Waals surface area contributed by atoms with E-state index >= 15 is 0 Å². The quantitative estimate of drug-likeness (QED) is 0.0263. The lowest BCUT2D eigenvalue weighted by Gasteiger charge is -2.18. The standard InChI is InChI=1S/C54H98O6/c1-4-7-10-13-16-19-22-25-26-27-28-30-32-35-38-41-44-47-53(56)59-50-51(49-58-52(55)46-43-40-37-34-31-24-21-18-15-12-9-6-3)60-54(57)48-45-42-39-36-33-29-23-20-17-14-11-8-5-2/h9,12,18,21,29,33,51H,4-8,10-11,13-17,19-20,22-28,30-32,34-50H2,1-3H3/b12-9-,21-18-,33-29-. The smallest absolute Gasteiger partial charge is 0.306 e. The minimum Gasteiger partial charge on any atom is -0.462 e. The van der Waals surface area contributed by atoms with Crippen LogP contribution in [0.4, 0.5) is 0 Å². The van der Waals surface area contributed by atoms with Crippen LogP contribution in [0.15, 0.2) is 36.5 Å². The Morgan fingerprint density at radius 2 is 0.650 bits per heavy atom. The van der Waals surface area contributed by atoms with Gasteiger partial charge in [0.25, 0.3) is 0 Å². The van der Waals surface area contributed by atoms with Crippen molar-refractivity contribution in [3.05, 3.63) is 36.5 Å². The molecule has 0 rings (SSSR count). The van der Waals surface area contributed by atoms with Crippen molar-refractivity contribution in [1.29, 1.82) is 0 Å². The van der Waals surface area contributed by atoms with Gasteiger partial charge in [-0.25, -0.2) is 0 Å². The number of carbonyl (C=O) groups is 3. The van der Waals surface area contributed by atoms with Gasteiger partial charge < -0.3 is 14.2 Å². The van der Waals surface area contributed by atoms with Crippen molar-refractivity contribution in [2.45, 2.75) is 277 Å². The van der Waals surface area contributed by atoms with E-state index in [1.165, 1.54) is 135 Å². The molecule has 0 N–H and O–H groups in total. The fourth-order valence-corrected chi connectivity index (χ4v) is 7.48. The molecule has 0 aromatic carbocycles. The summed E-state index contributed by atoms with van der Waals surface area (Å²) in [5.74, 6) is -0.902. The lowest BCUT2D eigenvalue weighted by Crippen LogP contribution is -2.30. The van der Waals surface area contributed by atoms with Gasteiger partial charge in [0.05, 0.1) is 0 Å². The van der Waals surface area contributed by atoms with Gasteiger partial charge in [0.1, 0.15) is 13.2 Å². The summed E-state index contributed by atoms with van der Waals surface area (Å²) in [5.41, 5.74) is 0. The molecule has 1 unspecified atom stereocenters. The molecule has 0 fully saturated rings. The zero-order valence-electron chi connectivity index (χ0n) is 40.0. The number of ether oxygens (including phenoxy) is 3. The van der Waals surface area contributed by atoms with Crippen LogP contribution < -0.4 is 0 Å². The minimum absolute atomic E-state index is 0.0798. The number of hydrogen-bond acceptors (Lipinski definition) is 6. The van der Waals surface area contributed by atoms with Crippen molar-refractivity contribution < 1.29 is 28.6 Å². The van der Waals surface area contributed by atoms with Crippen LogP contribution in [-0.4, -0.2) is 37.2 Å². The Hall–Kier alpha value is -2.37. The number of carbonyl (C=O) groups excluding carboxylic acids is 3. The Morgan fingerprint density at radius 1 is 0.350 bits per heavy atom. The molecule has 0 aliphatic carbocycles. The van der Waals surface area contributed by atoms with Crippen molar-refractivity contribution in [1.82, 2.24) is 0 Å². The van der Waals surface area contributed by atoms with Crippen molar-refractivity contribution in [2.75, 3.05) is 13.2 Å². The van der Waals surface area contributed by atoms with E-state index in [1.807, 2.05) is 0 Å². The molecule has 0 heterocycles. The highest BCUT2D eigenvalue weighted by Gasteiger charge is 2.19. The summed E-state index contributed by atoms with van der Waals surface area (Å²) in [4.78, 5) is 37.9. The Balaban J connectivity index is 4.34. The van der Waals surface area contributed by atoms with Gasteiger partial charge >= 0.3 is 17.9 Å². The maximum Gasteiger partial charge on any atom is 0.306 e. The van der Waals surface area contributed by atoms with Gasteiger partial charge in [-0.1, -0.05) is 218 Å². The predicted molar refractivity (Wildman–Crippen MR) is 256 cm³/mol. The monoisotopic (exact) mass is 843 g/mol. The van der Waals surface area contributed by atoms with E-state index in [0.29, 0.717) is 19.3 Å². The molecule has 0 aliphatic heterocycles. The van der Waals surface area contributed by atoms with Gasteiger partial charge in [0.15, 0.2) is 6.10 Å². The molecule has 0 aliphatic rings. The topological polar surface area (TPSA) is 78.9 Å². The van der Waals surface area contributed by atoms with Gasteiger partial charge in [0, 0.05) is 19.3 Å². The molecular formula is C54H98O6. The summed E-state index contributed by atoms with van der Waals surface area (Å²) in [5, 5.41) is 0. The van der Waals surface area contributed by atoms with E-state index in [1.54, 1.807) is 0 Å². The van der Waals surface area contributed by atoms with Crippen molar-refractivity contribution in [3.8, 4) is 0 Å². The first-order valence-electron chi connectivity index (χ1n) is 26.0. The van der Waals surface area contributed by atoms with Crippen LogP contribution in [0.1, 0.15) is 271 Å². The maximum atomic E-state index is 12.8. The zero-order chi connectivity index (χ0) is 43.7. The van der Waals surface area contributed by atoms with Crippen molar-refractivity contribution in [2.24, 2.45) is 0 Å². The number of allylic oxidation sites excluding steroid dienone is 6. The van der Waals surface area contributed by atoms with Gasteiger partial charge in [-0.3, -0.25) is 14.4 Å². The zero-order valence-corrected chi connectivity index (χ0v) is 40.0. The lowest BCUT2D eigenvalue weighted by molar-refractivity contribution is -0.167. The second kappa shape index (κ2) is 49.3. The summed E-state index contributed by atoms with van der Waals surface area (Å²) in [6.45, 7) is 6.52. The number of rotatable bonds is 47. The lowest BCUT2D eigenvalue weighted by atomic mass is 10.0. The largest absolute Gasteiger partial charge is 0.462 e. The molecule has 0 aromatic rings. The molecule has 6 heteroatoms. The molecule has 0 saturated carbocycles. The summed E-state index contributed by atoms with van der Waals surface area (Å²) in [6, 6.07) is 0. The van der Waals surface area contributed by atoms with Crippen LogP contribution >= 0.6 is 0 Å². The first kappa shape index (κ1) is 57.6. The Bertz CT molecular complexity index is 1020. The molecule has 0 spiro atoms. The van der Waals surface area contributed by atoms with Crippen LogP contribution in [0.2, 0.25) is 0 Å². The highest BCUT2D eigenvalue weighted by molar-refractivity contribution is 5.71.